The van der Waals surface area contributed by atoms with Crippen molar-refractivity contribution in [2.24, 2.45) is 11.7 Å². The molecular weight excluding hydrogens is 258 g/mol. The molecular formula is C14H19N3OS. The molecule has 1 heterocycles. The van der Waals surface area contributed by atoms with E-state index in [1.54, 1.807) is 11.8 Å². The van der Waals surface area contributed by atoms with Crippen molar-refractivity contribution in [2.75, 3.05) is 5.75 Å². The number of nitrogens with zero attached hydrogens (tertiary/aromatic N) is 2. The normalized spacial score (nSPS) is 11.3. The van der Waals surface area contributed by atoms with Gasteiger partial charge in [-0.05, 0) is 24.5 Å². The minimum atomic E-state index is -0.339. The highest BCUT2D eigenvalue weighted by Gasteiger charge is 2.12. The van der Waals surface area contributed by atoms with Crippen molar-refractivity contribution in [1.82, 2.24) is 9.55 Å². The van der Waals surface area contributed by atoms with E-state index in [-0.39, 0.29) is 12.5 Å². The molecule has 0 radical (unpaired) electrons. The molecule has 2 rings (SSSR count). The Bertz CT molecular complexity index is 577. The van der Waals surface area contributed by atoms with Crippen molar-refractivity contribution in [2.45, 2.75) is 32.0 Å². The predicted molar refractivity (Wildman–Crippen MR) is 79.1 cm³/mol. The van der Waals surface area contributed by atoms with Crippen LogP contribution in [-0.2, 0) is 11.3 Å². The molecule has 1 amide bonds. The summed E-state index contributed by atoms with van der Waals surface area (Å²) in [5.41, 5.74) is 7.20. The van der Waals surface area contributed by atoms with Gasteiger partial charge in [0, 0.05) is 5.75 Å². The molecule has 19 heavy (non-hydrogen) atoms. The second-order valence-corrected chi connectivity index (χ2v) is 6.03. The average Bonchev–Trinajstić information content (AvgIpc) is 2.67. The van der Waals surface area contributed by atoms with Crippen LogP contribution in [0.5, 0.6) is 0 Å². The summed E-state index contributed by atoms with van der Waals surface area (Å²) in [4.78, 5) is 15.8. The minimum absolute atomic E-state index is 0.185. The molecule has 1 aromatic carbocycles. The van der Waals surface area contributed by atoms with Crippen LogP contribution in [0.1, 0.15) is 20.3 Å². The van der Waals surface area contributed by atoms with Gasteiger partial charge in [0.05, 0.1) is 11.0 Å². The number of fused-ring (bicyclic) bond motifs is 1. The Morgan fingerprint density at radius 2 is 2.16 bits per heavy atom. The first kappa shape index (κ1) is 13.9. The zero-order valence-electron chi connectivity index (χ0n) is 11.3. The fourth-order valence-corrected chi connectivity index (χ4v) is 3.11. The lowest BCUT2D eigenvalue weighted by Crippen LogP contribution is -2.19. The van der Waals surface area contributed by atoms with Crippen LogP contribution >= 0.6 is 11.8 Å². The SMILES string of the molecule is CC(C)CCSc1nc2ccccc2n1CC(N)=O. The van der Waals surface area contributed by atoms with Crippen molar-refractivity contribution >= 4 is 28.7 Å². The Labute approximate surface area is 117 Å². The van der Waals surface area contributed by atoms with Gasteiger partial charge >= 0.3 is 0 Å². The van der Waals surface area contributed by atoms with Gasteiger partial charge < -0.3 is 10.3 Å². The molecule has 0 atom stereocenters. The Hall–Kier alpha value is -1.49. The highest BCUT2D eigenvalue weighted by molar-refractivity contribution is 7.99. The lowest BCUT2D eigenvalue weighted by molar-refractivity contribution is -0.118. The third-order valence-corrected chi connectivity index (χ3v) is 3.87. The third kappa shape index (κ3) is 3.50. The molecule has 0 spiro atoms. The number of thioether (sulfide) groups is 1. The van der Waals surface area contributed by atoms with Gasteiger partial charge in [0.25, 0.3) is 0 Å². The number of primary amides is 1. The lowest BCUT2D eigenvalue weighted by Gasteiger charge is -2.07. The molecule has 102 valence electrons. The van der Waals surface area contributed by atoms with Crippen molar-refractivity contribution in [1.29, 1.82) is 0 Å². The summed E-state index contributed by atoms with van der Waals surface area (Å²) in [5, 5.41) is 0.876. The number of carbonyl (C=O) groups is 1. The van der Waals surface area contributed by atoms with E-state index in [2.05, 4.69) is 18.8 Å². The fourth-order valence-electron chi connectivity index (χ4n) is 1.86. The van der Waals surface area contributed by atoms with E-state index in [1.807, 2.05) is 28.8 Å². The molecule has 4 nitrogen and oxygen atoms in total. The van der Waals surface area contributed by atoms with Gasteiger partial charge in [-0.2, -0.15) is 0 Å². The number of nitrogens with two attached hydrogens (primary N) is 1. The zero-order valence-corrected chi connectivity index (χ0v) is 12.1. The molecule has 1 aromatic heterocycles. The summed E-state index contributed by atoms with van der Waals surface area (Å²) < 4.78 is 1.91. The molecule has 5 heteroatoms. The topological polar surface area (TPSA) is 60.9 Å². The van der Waals surface area contributed by atoms with Crippen molar-refractivity contribution < 1.29 is 4.79 Å². The second kappa shape index (κ2) is 6.10. The van der Waals surface area contributed by atoms with Gasteiger partial charge in [-0.15, -0.1) is 0 Å². The largest absolute Gasteiger partial charge is 0.368 e. The van der Waals surface area contributed by atoms with Crippen LogP contribution in [0.3, 0.4) is 0 Å². The predicted octanol–water partition coefficient (Wildman–Crippen LogP) is 2.66. The summed E-state index contributed by atoms with van der Waals surface area (Å²) in [7, 11) is 0. The summed E-state index contributed by atoms with van der Waals surface area (Å²) in [5.74, 6) is 1.33. The first-order valence-electron chi connectivity index (χ1n) is 6.44. The Balaban J connectivity index is 2.27. The number of benzene rings is 1. The standard InChI is InChI=1S/C14H19N3OS/c1-10(2)7-8-19-14-16-11-5-3-4-6-12(11)17(14)9-13(15)18/h3-6,10H,7-9H2,1-2H3,(H2,15,18). The van der Waals surface area contributed by atoms with E-state index >= 15 is 0 Å². The molecule has 0 unspecified atom stereocenters. The smallest absolute Gasteiger partial charge is 0.237 e. The molecule has 0 aliphatic rings. The fraction of sp³-hybridized carbons (Fsp3) is 0.429. The first-order valence-corrected chi connectivity index (χ1v) is 7.43. The number of aromatic nitrogens is 2. The first-order chi connectivity index (χ1) is 9.08. The quantitative estimate of drug-likeness (QED) is 0.826. The molecule has 0 saturated carbocycles. The number of rotatable bonds is 6. The number of para-hydroxylation sites is 2. The van der Waals surface area contributed by atoms with Gasteiger partial charge in [-0.25, -0.2) is 4.98 Å². The number of amides is 1. The molecule has 0 bridgehead atoms. The Morgan fingerprint density at radius 1 is 1.42 bits per heavy atom. The molecule has 0 aliphatic carbocycles. The number of hydrogen-bond donors (Lipinski definition) is 1. The van der Waals surface area contributed by atoms with Crippen LogP contribution in [0.4, 0.5) is 0 Å². The van der Waals surface area contributed by atoms with Crippen LogP contribution in [-0.4, -0.2) is 21.2 Å². The molecule has 2 N–H and O–H groups in total. The van der Waals surface area contributed by atoms with E-state index in [1.165, 1.54) is 0 Å². The maximum Gasteiger partial charge on any atom is 0.237 e. The number of carbonyl (C=O) groups excluding carboxylic acids is 1. The maximum absolute atomic E-state index is 11.2. The van der Waals surface area contributed by atoms with Gasteiger partial charge in [-0.3, -0.25) is 4.79 Å². The number of imidazole rings is 1. The van der Waals surface area contributed by atoms with Gasteiger partial charge in [0.15, 0.2) is 5.16 Å². The van der Waals surface area contributed by atoms with E-state index in [9.17, 15) is 4.79 Å². The Morgan fingerprint density at radius 3 is 2.84 bits per heavy atom. The van der Waals surface area contributed by atoms with E-state index in [0.717, 1.165) is 28.4 Å². The molecule has 2 aromatic rings. The summed E-state index contributed by atoms with van der Waals surface area (Å²) in [6.45, 7) is 4.59. The summed E-state index contributed by atoms with van der Waals surface area (Å²) in [6, 6.07) is 7.83. The molecule has 0 aliphatic heterocycles. The summed E-state index contributed by atoms with van der Waals surface area (Å²) >= 11 is 1.69. The average molecular weight is 277 g/mol. The van der Waals surface area contributed by atoms with Crippen LogP contribution in [0, 0.1) is 5.92 Å². The second-order valence-electron chi connectivity index (χ2n) is 4.97. The zero-order chi connectivity index (χ0) is 13.8. The highest BCUT2D eigenvalue weighted by atomic mass is 32.2. The van der Waals surface area contributed by atoms with Crippen molar-refractivity contribution in [3.05, 3.63) is 24.3 Å². The monoisotopic (exact) mass is 277 g/mol. The summed E-state index contributed by atoms with van der Waals surface area (Å²) in [6.07, 6.45) is 1.13. The van der Waals surface area contributed by atoms with Crippen LogP contribution in [0.15, 0.2) is 29.4 Å². The van der Waals surface area contributed by atoms with Crippen LogP contribution in [0.25, 0.3) is 11.0 Å². The van der Waals surface area contributed by atoms with Crippen molar-refractivity contribution in [3.8, 4) is 0 Å². The van der Waals surface area contributed by atoms with E-state index in [4.69, 9.17) is 5.73 Å². The third-order valence-electron chi connectivity index (χ3n) is 2.86. The number of hydrogen-bond acceptors (Lipinski definition) is 3. The molecule has 0 saturated heterocycles. The van der Waals surface area contributed by atoms with Gasteiger partial charge in [0.2, 0.25) is 5.91 Å². The van der Waals surface area contributed by atoms with E-state index < -0.39 is 0 Å². The highest BCUT2D eigenvalue weighted by Crippen LogP contribution is 2.25. The maximum atomic E-state index is 11.2. The van der Waals surface area contributed by atoms with Gasteiger partial charge in [-0.1, -0.05) is 37.7 Å². The van der Waals surface area contributed by atoms with Crippen molar-refractivity contribution in [3.63, 3.8) is 0 Å². The van der Waals surface area contributed by atoms with Gasteiger partial charge in [0.1, 0.15) is 6.54 Å². The Kier molecular flexibility index (Phi) is 4.47. The molecule has 0 fully saturated rings. The van der Waals surface area contributed by atoms with Crippen LogP contribution < -0.4 is 5.73 Å². The van der Waals surface area contributed by atoms with E-state index in [0.29, 0.717) is 5.92 Å². The lowest BCUT2D eigenvalue weighted by atomic mass is 10.2. The minimum Gasteiger partial charge on any atom is -0.368 e. The van der Waals surface area contributed by atoms with Crippen LogP contribution in [0.2, 0.25) is 0 Å².